The van der Waals surface area contributed by atoms with E-state index in [0.29, 0.717) is 24.4 Å². The minimum atomic E-state index is -0.372. The van der Waals surface area contributed by atoms with Crippen LogP contribution in [0.3, 0.4) is 0 Å². The molecule has 0 amide bonds. The summed E-state index contributed by atoms with van der Waals surface area (Å²) in [5.41, 5.74) is 5.86. The molecular formula is C26H27N3O3. The fraction of sp³-hybridized carbons (Fsp3) is 0.308. The number of hydrogen-bond acceptors (Lipinski definition) is 6. The van der Waals surface area contributed by atoms with Crippen LogP contribution in [0.15, 0.2) is 60.9 Å². The van der Waals surface area contributed by atoms with Crippen molar-refractivity contribution in [3.63, 3.8) is 0 Å². The van der Waals surface area contributed by atoms with Crippen LogP contribution in [-0.4, -0.2) is 31.2 Å². The number of fused-ring (bicyclic) bond motifs is 1. The topological polar surface area (TPSA) is 72.5 Å². The number of ether oxygens (including phenoxy) is 2. The number of anilines is 3. The van der Waals surface area contributed by atoms with Gasteiger partial charge in [-0.2, -0.15) is 0 Å². The van der Waals surface area contributed by atoms with Gasteiger partial charge in [-0.3, -0.25) is 4.98 Å². The average molecular weight is 430 g/mol. The van der Waals surface area contributed by atoms with Crippen molar-refractivity contribution >= 4 is 23.0 Å². The summed E-state index contributed by atoms with van der Waals surface area (Å²) in [5, 5.41) is 6.86. The van der Waals surface area contributed by atoms with Gasteiger partial charge in [0.15, 0.2) is 0 Å². The van der Waals surface area contributed by atoms with Gasteiger partial charge in [0.2, 0.25) is 0 Å². The third kappa shape index (κ3) is 4.40. The van der Waals surface area contributed by atoms with Crippen molar-refractivity contribution in [2.45, 2.75) is 31.1 Å². The number of rotatable bonds is 7. The van der Waals surface area contributed by atoms with Crippen molar-refractivity contribution in [2.75, 3.05) is 30.9 Å². The summed E-state index contributed by atoms with van der Waals surface area (Å²) in [5.74, 6) is 1.57. The second-order valence-electron chi connectivity index (χ2n) is 8.40. The fourth-order valence-corrected chi connectivity index (χ4v) is 4.23. The third-order valence-corrected chi connectivity index (χ3v) is 6.19. The van der Waals surface area contributed by atoms with E-state index in [2.05, 4.69) is 58.1 Å². The maximum Gasteiger partial charge on any atom is 0.340 e. The molecule has 0 radical (unpaired) electrons. The SMILES string of the molecule is COC(=O)c1ccncc1NC[C@@H]1CCOc2cc(Nc3ccc(C4CC4)cc3)ccc21. The van der Waals surface area contributed by atoms with E-state index in [9.17, 15) is 4.79 Å². The molecule has 3 aromatic rings. The number of nitrogens with zero attached hydrogens (tertiary/aromatic N) is 1. The van der Waals surface area contributed by atoms with Crippen LogP contribution in [0.4, 0.5) is 17.1 Å². The first-order chi connectivity index (χ1) is 15.7. The van der Waals surface area contributed by atoms with Crippen LogP contribution in [0.25, 0.3) is 0 Å². The Labute approximate surface area is 188 Å². The molecule has 0 bridgehead atoms. The Morgan fingerprint density at radius 2 is 1.91 bits per heavy atom. The molecule has 0 spiro atoms. The number of benzene rings is 2. The molecule has 6 heteroatoms. The van der Waals surface area contributed by atoms with Crippen molar-refractivity contribution in [3.05, 3.63) is 77.6 Å². The summed E-state index contributed by atoms with van der Waals surface area (Å²) < 4.78 is 10.8. The molecule has 6 nitrogen and oxygen atoms in total. The monoisotopic (exact) mass is 429 g/mol. The number of carbonyl (C=O) groups excluding carboxylic acids is 1. The summed E-state index contributed by atoms with van der Waals surface area (Å²) in [4.78, 5) is 16.1. The largest absolute Gasteiger partial charge is 0.493 e. The predicted molar refractivity (Wildman–Crippen MR) is 125 cm³/mol. The Kier molecular flexibility index (Phi) is 5.67. The zero-order chi connectivity index (χ0) is 21.9. The molecule has 1 fully saturated rings. The zero-order valence-corrected chi connectivity index (χ0v) is 18.1. The van der Waals surface area contributed by atoms with Crippen molar-refractivity contribution in [1.29, 1.82) is 0 Å². The van der Waals surface area contributed by atoms with Crippen LogP contribution in [0, 0.1) is 0 Å². The highest BCUT2D eigenvalue weighted by molar-refractivity contribution is 5.95. The zero-order valence-electron chi connectivity index (χ0n) is 18.1. The molecule has 1 aliphatic carbocycles. The van der Waals surface area contributed by atoms with Crippen LogP contribution in [-0.2, 0) is 4.74 Å². The lowest BCUT2D eigenvalue weighted by atomic mass is 9.92. The summed E-state index contributed by atoms with van der Waals surface area (Å²) in [7, 11) is 1.38. The first-order valence-corrected chi connectivity index (χ1v) is 11.1. The Balaban J connectivity index is 1.27. The van der Waals surface area contributed by atoms with E-state index in [1.807, 2.05) is 0 Å². The molecule has 1 aromatic heterocycles. The molecule has 5 rings (SSSR count). The molecule has 2 aromatic carbocycles. The van der Waals surface area contributed by atoms with Crippen molar-refractivity contribution in [2.24, 2.45) is 0 Å². The second kappa shape index (κ2) is 8.91. The lowest BCUT2D eigenvalue weighted by Crippen LogP contribution is -2.21. The molecule has 1 atom stereocenters. The summed E-state index contributed by atoms with van der Waals surface area (Å²) in [6.45, 7) is 1.34. The molecule has 1 aliphatic heterocycles. The van der Waals surface area contributed by atoms with E-state index in [4.69, 9.17) is 9.47 Å². The van der Waals surface area contributed by atoms with Gasteiger partial charge in [-0.05, 0) is 60.6 Å². The molecule has 2 aliphatic rings. The predicted octanol–water partition coefficient (Wildman–Crippen LogP) is 5.47. The standard InChI is InChI=1S/C26H27N3O3/c1-31-26(30)23-10-12-27-16-24(23)28-15-19-11-13-32-25-14-21(8-9-22(19)25)29-20-6-4-18(5-7-20)17-2-3-17/h4-10,12,14,16-17,19,28-29H,2-3,11,13,15H2,1H3/t19-/m0/s1. The van der Waals surface area contributed by atoms with Gasteiger partial charge in [0.1, 0.15) is 5.75 Å². The van der Waals surface area contributed by atoms with E-state index in [-0.39, 0.29) is 11.9 Å². The van der Waals surface area contributed by atoms with Gasteiger partial charge in [-0.1, -0.05) is 18.2 Å². The van der Waals surface area contributed by atoms with Crippen molar-refractivity contribution < 1.29 is 14.3 Å². The molecule has 1 saturated carbocycles. The molecule has 2 heterocycles. The number of methoxy groups -OCH3 is 1. The van der Waals surface area contributed by atoms with E-state index in [1.165, 1.54) is 31.1 Å². The number of pyridine rings is 1. The minimum Gasteiger partial charge on any atom is -0.493 e. The molecule has 2 N–H and O–H groups in total. The van der Waals surface area contributed by atoms with Gasteiger partial charge in [0.05, 0.1) is 31.2 Å². The first kappa shape index (κ1) is 20.4. The number of nitrogens with one attached hydrogen (secondary N) is 2. The quantitative estimate of drug-likeness (QED) is 0.486. The van der Waals surface area contributed by atoms with Gasteiger partial charge in [-0.25, -0.2) is 4.79 Å². The lowest BCUT2D eigenvalue weighted by molar-refractivity contribution is 0.0601. The lowest BCUT2D eigenvalue weighted by Gasteiger charge is -2.27. The maximum absolute atomic E-state index is 12.0. The molecule has 0 saturated heterocycles. The van der Waals surface area contributed by atoms with Crippen LogP contribution >= 0.6 is 0 Å². The van der Waals surface area contributed by atoms with E-state index >= 15 is 0 Å². The van der Waals surface area contributed by atoms with E-state index in [0.717, 1.165) is 29.5 Å². The summed E-state index contributed by atoms with van der Waals surface area (Å²) in [6.07, 6.45) is 6.79. The molecule has 0 unspecified atom stereocenters. The average Bonchev–Trinajstić information content (AvgIpc) is 3.68. The second-order valence-corrected chi connectivity index (χ2v) is 8.40. The highest BCUT2D eigenvalue weighted by Crippen LogP contribution is 2.40. The number of aromatic nitrogens is 1. The van der Waals surface area contributed by atoms with Crippen molar-refractivity contribution in [3.8, 4) is 5.75 Å². The van der Waals surface area contributed by atoms with Crippen LogP contribution in [0.5, 0.6) is 5.75 Å². The van der Waals surface area contributed by atoms with Crippen LogP contribution < -0.4 is 15.4 Å². The van der Waals surface area contributed by atoms with Gasteiger partial charge in [0.25, 0.3) is 0 Å². The number of hydrogen-bond donors (Lipinski definition) is 2. The molecule has 32 heavy (non-hydrogen) atoms. The van der Waals surface area contributed by atoms with Crippen LogP contribution in [0.2, 0.25) is 0 Å². The summed E-state index contributed by atoms with van der Waals surface area (Å²) >= 11 is 0. The molecular weight excluding hydrogens is 402 g/mol. The van der Waals surface area contributed by atoms with Gasteiger partial charge >= 0.3 is 5.97 Å². The third-order valence-electron chi connectivity index (χ3n) is 6.19. The smallest absolute Gasteiger partial charge is 0.340 e. The Morgan fingerprint density at radius 1 is 1.09 bits per heavy atom. The normalized spacial score (nSPS) is 17.1. The highest BCUT2D eigenvalue weighted by Gasteiger charge is 2.24. The molecule has 164 valence electrons. The first-order valence-electron chi connectivity index (χ1n) is 11.1. The Bertz CT molecular complexity index is 1110. The number of esters is 1. The van der Waals surface area contributed by atoms with E-state index in [1.54, 1.807) is 18.5 Å². The van der Waals surface area contributed by atoms with Crippen LogP contribution in [0.1, 0.15) is 52.6 Å². The maximum atomic E-state index is 12.0. The van der Waals surface area contributed by atoms with Gasteiger partial charge in [0, 0.05) is 36.1 Å². The number of carbonyl (C=O) groups is 1. The van der Waals surface area contributed by atoms with E-state index < -0.39 is 0 Å². The Morgan fingerprint density at radius 3 is 2.69 bits per heavy atom. The summed E-state index contributed by atoms with van der Waals surface area (Å²) in [6, 6.07) is 16.7. The van der Waals surface area contributed by atoms with Gasteiger partial charge < -0.3 is 20.1 Å². The Hall–Kier alpha value is -3.54. The van der Waals surface area contributed by atoms with Crippen molar-refractivity contribution in [1.82, 2.24) is 4.98 Å². The highest BCUT2D eigenvalue weighted by atomic mass is 16.5. The van der Waals surface area contributed by atoms with Gasteiger partial charge in [-0.15, -0.1) is 0 Å². The minimum absolute atomic E-state index is 0.274. The fourth-order valence-electron chi connectivity index (χ4n) is 4.23.